The molecule has 92 valence electrons. The molecule has 0 bridgehead atoms. The number of carboxylic acids is 1. The molecule has 1 amide bonds. The smallest absolute Gasteiger partial charge is 0.329 e. The summed E-state index contributed by atoms with van der Waals surface area (Å²) in [6.07, 6.45) is 2.78. The largest absolute Gasteiger partial charge is 0.480 e. The SMILES string of the molecule is Cc1ncc(C(=O)N(C)C(C)(C)C(=O)O)cn1. The standard InChI is InChI=1S/C11H15N3O3/c1-7-12-5-8(6-13-7)9(15)14(4)11(2,3)10(16)17/h5-6H,1-4H3,(H,16,17). The lowest BCUT2D eigenvalue weighted by molar-refractivity contribution is -0.147. The lowest BCUT2D eigenvalue weighted by Gasteiger charge is -2.31. The van der Waals surface area contributed by atoms with Gasteiger partial charge in [0.2, 0.25) is 0 Å². The van der Waals surface area contributed by atoms with Crippen molar-refractivity contribution in [3.8, 4) is 0 Å². The number of carbonyl (C=O) groups excluding carboxylic acids is 1. The molecule has 1 heterocycles. The predicted octanol–water partition coefficient (Wildman–Crippen LogP) is 0.720. The van der Waals surface area contributed by atoms with Gasteiger partial charge in [-0.15, -0.1) is 0 Å². The second-order valence-corrected chi connectivity index (χ2v) is 4.25. The van der Waals surface area contributed by atoms with Gasteiger partial charge in [0.1, 0.15) is 11.4 Å². The van der Waals surface area contributed by atoms with Crippen LogP contribution in [0.15, 0.2) is 12.4 Å². The summed E-state index contributed by atoms with van der Waals surface area (Å²) in [5.41, 5.74) is -1.01. The molecule has 1 aromatic heterocycles. The lowest BCUT2D eigenvalue weighted by Crippen LogP contribution is -2.50. The number of aliphatic carboxylic acids is 1. The molecule has 1 aromatic rings. The molecular formula is C11H15N3O3. The fourth-order valence-electron chi connectivity index (χ4n) is 1.09. The summed E-state index contributed by atoms with van der Waals surface area (Å²) in [5.74, 6) is -0.930. The van der Waals surface area contributed by atoms with Crippen molar-refractivity contribution in [3.05, 3.63) is 23.8 Å². The fourth-order valence-corrected chi connectivity index (χ4v) is 1.09. The maximum Gasteiger partial charge on any atom is 0.329 e. The number of rotatable bonds is 3. The summed E-state index contributed by atoms with van der Waals surface area (Å²) in [7, 11) is 1.44. The summed E-state index contributed by atoms with van der Waals surface area (Å²) >= 11 is 0. The van der Waals surface area contributed by atoms with E-state index in [0.29, 0.717) is 5.82 Å². The number of hydrogen-bond acceptors (Lipinski definition) is 4. The van der Waals surface area contributed by atoms with Crippen molar-refractivity contribution in [2.45, 2.75) is 26.3 Å². The van der Waals surface area contributed by atoms with Crippen LogP contribution < -0.4 is 0 Å². The van der Waals surface area contributed by atoms with Gasteiger partial charge in [-0.25, -0.2) is 14.8 Å². The maximum absolute atomic E-state index is 12.0. The molecule has 0 saturated carbocycles. The Hall–Kier alpha value is -1.98. The zero-order valence-electron chi connectivity index (χ0n) is 10.3. The van der Waals surface area contributed by atoms with E-state index in [1.165, 1.54) is 33.3 Å². The zero-order chi connectivity index (χ0) is 13.2. The van der Waals surface area contributed by atoms with E-state index in [2.05, 4.69) is 9.97 Å². The van der Waals surface area contributed by atoms with E-state index in [9.17, 15) is 9.59 Å². The van der Waals surface area contributed by atoms with Crippen LogP contribution in [0.2, 0.25) is 0 Å². The molecule has 0 aliphatic heterocycles. The monoisotopic (exact) mass is 237 g/mol. The molecule has 0 saturated heterocycles. The van der Waals surface area contributed by atoms with E-state index in [-0.39, 0.29) is 5.56 Å². The Morgan fingerprint density at radius 2 is 1.76 bits per heavy atom. The predicted molar refractivity (Wildman–Crippen MR) is 60.6 cm³/mol. The Balaban J connectivity index is 2.98. The lowest BCUT2D eigenvalue weighted by atomic mass is 10.0. The number of nitrogens with zero attached hydrogens (tertiary/aromatic N) is 3. The first kappa shape index (κ1) is 13.1. The minimum absolute atomic E-state index is 0.271. The van der Waals surface area contributed by atoms with Crippen LogP contribution in [0.25, 0.3) is 0 Å². The second kappa shape index (κ2) is 4.48. The molecule has 17 heavy (non-hydrogen) atoms. The van der Waals surface area contributed by atoms with E-state index in [1.807, 2.05) is 0 Å². The van der Waals surface area contributed by atoms with Crippen molar-refractivity contribution in [2.75, 3.05) is 7.05 Å². The van der Waals surface area contributed by atoms with Gasteiger partial charge in [0.05, 0.1) is 5.56 Å². The summed E-state index contributed by atoms with van der Waals surface area (Å²) in [6, 6.07) is 0. The van der Waals surface area contributed by atoms with Crippen LogP contribution in [-0.2, 0) is 4.79 Å². The van der Waals surface area contributed by atoms with Gasteiger partial charge in [-0.3, -0.25) is 4.79 Å². The highest BCUT2D eigenvalue weighted by Crippen LogP contribution is 2.15. The molecule has 1 N–H and O–H groups in total. The third kappa shape index (κ3) is 2.58. The maximum atomic E-state index is 12.0. The van der Waals surface area contributed by atoms with Gasteiger partial charge in [0, 0.05) is 19.4 Å². The average molecular weight is 237 g/mol. The molecule has 0 radical (unpaired) electrons. The summed E-state index contributed by atoms with van der Waals surface area (Å²) in [5, 5.41) is 9.03. The zero-order valence-corrected chi connectivity index (χ0v) is 10.3. The third-order valence-corrected chi connectivity index (χ3v) is 2.69. The minimum atomic E-state index is -1.28. The van der Waals surface area contributed by atoms with E-state index in [4.69, 9.17) is 5.11 Å². The van der Waals surface area contributed by atoms with Crippen LogP contribution in [0, 0.1) is 6.92 Å². The molecule has 6 heteroatoms. The third-order valence-electron chi connectivity index (χ3n) is 2.69. The molecule has 0 aliphatic rings. The van der Waals surface area contributed by atoms with Crippen molar-refractivity contribution in [1.29, 1.82) is 0 Å². The molecule has 1 rings (SSSR count). The van der Waals surface area contributed by atoms with E-state index in [1.54, 1.807) is 6.92 Å². The van der Waals surface area contributed by atoms with Gasteiger partial charge in [0.15, 0.2) is 0 Å². The van der Waals surface area contributed by atoms with Crippen molar-refractivity contribution in [3.63, 3.8) is 0 Å². The number of carboxylic acid groups (broad SMARTS) is 1. The van der Waals surface area contributed by atoms with Gasteiger partial charge >= 0.3 is 5.97 Å². The molecule has 0 aromatic carbocycles. The minimum Gasteiger partial charge on any atom is -0.480 e. The highest BCUT2D eigenvalue weighted by molar-refractivity contribution is 5.96. The van der Waals surface area contributed by atoms with Gasteiger partial charge in [0.25, 0.3) is 5.91 Å². The van der Waals surface area contributed by atoms with Crippen LogP contribution in [-0.4, -0.2) is 44.4 Å². The Morgan fingerprint density at radius 3 is 2.18 bits per heavy atom. The van der Waals surface area contributed by atoms with Gasteiger partial charge < -0.3 is 10.0 Å². The first-order valence-corrected chi connectivity index (χ1v) is 5.07. The average Bonchev–Trinajstić information content (AvgIpc) is 2.27. The number of hydrogen-bond donors (Lipinski definition) is 1. The molecule has 6 nitrogen and oxygen atoms in total. The molecule has 0 aliphatic carbocycles. The Kier molecular flexibility index (Phi) is 3.45. The van der Waals surface area contributed by atoms with Crippen molar-refractivity contribution < 1.29 is 14.7 Å². The molecule has 0 spiro atoms. The van der Waals surface area contributed by atoms with Crippen LogP contribution in [0.4, 0.5) is 0 Å². The van der Waals surface area contributed by atoms with E-state index in [0.717, 1.165) is 4.90 Å². The van der Waals surface area contributed by atoms with Crippen LogP contribution in [0.1, 0.15) is 30.0 Å². The van der Waals surface area contributed by atoms with Gasteiger partial charge in [-0.05, 0) is 20.8 Å². The van der Waals surface area contributed by atoms with E-state index < -0.39 is 17.4 Å². The summed E-state index contributed by atoms with van der Waals surface area (Å²) in [4.78, 5) is 32.0. The molecule has 0 unspecified atom stereocenters. The number of amides is 1. The second-order valence-electron chi connectivity index (χ2n) is 4.25. The topological polar surface area (TPSA) is 83.4 Å². The quantitative estimate of drug-likeness (QED) is 0.837. The highest BCUT2D eigenvalue weighted by Gasteiger charge is 2.35. The molecule has 0 atom stereocenters. The first-order chi connectivity index (χ1) is 7.76. The van der Waals surface area contributed by atoms with E-state index >= 15 is 0 Å². The number of likely N-dealkylation sites (N-methyl/N-ethyl adjacent to an activating group) is 1. The van der Waals surface area contributed by atoms with Crippen molar-refractivity contribution >= 4 is 11.9 Å². The van der Waals surface area contributed by atoms with Crippen LogP contribution in [0.3, 0.4) is 0 Å². The van der Waals surface area contributed by atoms with Gasteiger partial charge in [-0.1, -0.05) is 0 Å². The van der Waals surface area contributed by atoms with Crippen LogP contribution in [0.5, 0.6) is 0 Å². The Bertz CT molecular complexity index is 440. The number of aromatic nitrogens is 2. The van der Waals surface area contributed by atoms with Crippen LogP contribution >= 0.6 is 0 Å². The molecular weight excluding hydrogens is 222 g/mol. The normalized spacial score (nSPS) is 11.1. The fraction of sp³-hybridized carbons (Fsp3) is 0.455. The first-order valence-electron chi connectivity index (χ1n) is 5.07. The number of carbonyl (C=O) groups is 2. The van der Waals surface area contributed by atoms with Crippen molar-refractivity contribution in [1.82, 2.24) is 14.9 Å². The number of aryl methyl sites for hydroxylation is 1. The molecule has 0 fully saturated rings. The Morgan fingerprint density at radius 1 is 1.29 bits per heavy atom. The Labute approximate surface area is 99.3 Å². The highest BCUT2D eigenvalue weighted by atomic mass is 16.4. The summed E-state index contributed by atoms with van der Waals surface area (Å²) in [6.45, 7) is 4.63. The summed E-state index contributed by atoms with van der Waals surface area (Å²) < 4.78 is 0. The van der Waals surface area contributed by atoms with Gasteiger partial charge in [-0.2, -0.15) is 0 Å². The van der Waals surface area contributed by atoms with Crippen molar-refractivity contribution in [2.24, 2.45) is 0 Å².